The molecule has 1 aliphatic carbocycles. The number of rotatable bonds is 23. The monoisotopic (exact) mass is 828 g/mol. The smallest absolute Gasteiger partial charge is 0.287 e. The fraction of sp³-hybridized carbons (Fsp3) is 0.509. The standard InChI is InChI=1S/C57H85BN2O/c1-19-24-25-26-28-45(33-43(13)41(10)11)44(14)60-53(32-40(8)9)52(38-59-49(23-5)34-46(31-39(6)7)42(12)21-3)58(48(22-4)27-20-2)55-36-47-35-50-51(37-54(47)61-55)57(17,18)30-29-56(50,15)16/h20,22-23,27,31-37,39,41-42,59-60H,5,13-14,19,21,24-26,28-30,38H2,1-4,6-12,15-18H3/b27-20-,45-33-,46-31-,48-22+,49-34+,53-52-/i1D,24D,25D. The first-order chi connectivity index (χ1) is 30.0. The summed E-state index contributed by atoms with van der Waals surface area (Å²) in [5.41, 5.74) is 13.8. The van der Waals surface area contributed by atoms with E-state index in [2.05, 4.69) is 188 Å². The van der Waals surface area contributed by atoms with Gasteiger partial charge in [-0.25, -0.2) is 0 Å². The van der Waals surface area contributed by atoms with Crippen LogP contribution < -0.4 is 16.3 Å². The van der Waals surface area contributed by atoms with Gasteiger partial charge in [-0.05, 0) is 153 Å². The maximum atomic E-state index is 8.79. The molecule has 0 aliphatic heterocycles. The van der Waals surface area contributed by atoms with E-state index >= 15 is 0 Å². The molecule has 0 amide bonds. The van der Waals surface area contributed by atoms with Crippen LogP contribution in [-0.2, 0) is 10.8 Å². The zero-order valence-electron chi connectivity index (χ0n) is 44.0. The van der Waals surface area contributed by atoms with E-state index in [1.807, 2.05) is 6.08 Å². The van der Waals surface area contributed by atoms with Gasteiger partial charge in [0, 0.05) is 33.1 Å². The molecule has 3 atom stereocenters. The molecular weight excluding hydrogens is 739 g/mol. The lowest BCUT2D eigenvalue weighted by Crippen LogP contribution is -2.40. The first kappa shape index (κ1) is 46.3. The van der Waals surface area contributed by atoms with E-state index in [9.17, 15) is 0 Å². The zero-order valence-corrected chi connectivity index (χ0v) is 41.0. The maximum absolute atomic E-state index is 8.79. The van der Waals surface area contributed by atoms with E-state index in [4.69, 9.17) is 8.53 Å². The molecular formula is C57H85BN2O. The Labute approximate surface area is 379 Å². The molecule has 1 heterocycles. The van der Waals surface area contributed by atoms with Gasteiger partial charge in [-0.3, -0.25) is 0 Å². The van der Waals surface area contributed by atoms with Crippen molar-refractivity contribution >= 4 is 23.3 Å². The third-order valence-corrected chi connectivity index (χ3v) is 12.4. The van der Waals surface area contributed by atoms with Gasteiger partial charge in [-0.1, -0.05) is 162 Å². The molecule has 332 valence electrons. The molecule has 2 aromatic rings. The highest BCUT2D eigenvalue weighted by Gasteiger charge is 2.38. The Morgan fingerprint density at radius 1 is 0.967 bits per heavy atom. The molecule has 0 bridgehead atoms. The lowest BCUT2D eigenvalue weighted by atomic mass is 9.37. The van der Waals surface area contributed by atoms with E-state index < -0.39 is 12.8 Å². The van der Waals surface area contributed by atoms with Gasteiger partial charge in [0.05, 0.1) is 5.66 Å². The topological polar surface area (TPSA) is 37.2 Å². The van der Waals surface area contributed by atoms with E-state index in [0.29, 0.717) is 37.6 Å². The molecule has 3 rings (SSSR count). The molecule has 4 heteroatoms. The van der Waals surface area contributed by atoms with E-state index in [0.717, 1.165) is 80.6 Å². The molecule has 61 heavy (non-hydrogen) atoms. The third-order valence-electron chi connectivity index (χ3n) is 12.4. The van der Waals surface area contributed by atoms with Crippen LogP contribution in [0.2, 0.25) is 0 Å². The van der Waals surface area contributed by atoms with Gasteiger partial charge in [-0.15, -0.1) is 0 Å². The van der Waals surface area contributed by atoms with Crippen LogP contribution >= 0.6 is 0 Å². The van der Waals surface area contributed by atoms with Crippen molar-refractivity contribution in [3.05, 3.63) is 148 Å². The van der Waals surface area contributed by atoms with E-state index in [1.54, 1.807) is 0 Å². The second kappa shape index (κ2) is 23.3. The summed E-state index contributed by atoms with van der Waals surface area (Å²) in [4.78, 5) is 0. The predicted octanol–water partition coefficient (Wildman–Crippen LogP) is 15.8. The summed E-state index contributed by atoms with van der Waals surface area (Å²) >= 11 is 0. The molecule has 2 N–H and O–H groups in total. The summed E-state index contributed by atoms with van der Waals surface area (Å²) in [6.07, 6.45) is 20.9. The average Bonchev–Trinajstić information content (AvgIpc) is 3.65. The van der Waals surface area contributed by atoms with Crippen molar-refractivity contribution in [3.63, 3.8) is 0 Å². The lowest BCUT2D eigenvalue weighted by molar-refractivity contribution is 0.332. The second-order valence-corrected chi connectivity index (χ2v) is 19.4. The minimum absolute atomic E-state index is 0.0432. The minimum atomic E-state index is -0.604. The van der Waals surface area contributed by atoms with Crippen LogP contribution in [0.3, 0.4) is 0 Å². The Balaban J connectivity index is 2.45. The van der Waals surface area contributed by atoms with Gasteiger partial charge in [0.2, 0.25) is 0 Å². The summed E-state index contributed by atoms with van der Waals surface area (Å²) < 4.78 is 32.1. The van der Waals surface area contributed by atoms with Gasteiger partial charge in [0.1, 0.15) is 5.58 Å². The SMILES string of the molecule is [2H]CCC([2H])C([2H])CC/C(=C/C(=C)C(C)C)C(=C)N/C(C=C(C)C)=C(/CN/C(C=C)=C/C(=C/C(C)C)C(C)CC)B(C(/C=C\C)=C/C)c1cc2cc3c(cc2o1)C(C)(C)CCC3(C)C. The highest BCUT2D eigenvalue weighted by molar-refractivity contribution is 6.86. The molecule has 0 spiro atoms. The van der Waals surface area contributed by atoms with Crippen molar-refractivity contribution < 1.29 is 8.53 Å². The molecule has 1 aliphatic rings. The largest absolute Gasteiger partial charge is 0.470 e. The molecule has 0 radical (unpaired) electrons. The van der Waals surface area contributed by atoms with Crippen molar-refractivity contribution in [1.29, 1.82) is 0 Å². The first-order valence-corrected chi connectivity index (χ1v) is 23.1. The van der Waals surface area contributed by atoms with Crippen LogP contribution in [-0.4, -0.2) is 13.3 Å². The fourth-order valence-corrected chi connectivity index (χ4v) is 8.16. The van der Waals surface area contributed by atoms with Crippen molar-refractivity contribution in [2.24, 2.45) is 17.8 Å². The number of hydrogen-bond acceptors (Lipinski definition) is 3. The predicted molar refractivity (Wildman–Crippen MR) is 274 cm³/mol. The van der Waals surface area contributed by atoms with Crippen molar-refractivity contribution in [2.75, 3.05) is 6.54 Å². The average molecular weight is 828 g/mol. The van der Waals surface area contributed by atoms with Crippen LogP contribution in [0.15, 0.2) is 141 Å². The summed E-state index contributed by atoms with van der Waals surface area (Å²) in [7, 11) is 0. The molecule has 3 unspecified atom stereocenters. The number of fused-ring (bicyclic) bond motifs is 2. The van der Waals surface area contributed by atoms with Crippen molar-refractivity contribution in [2.45, 2.75) is 166 Å². The molecule has 1 aromatic heterocycles. The number of nitrogens with one attached hydrogen (secondary N) is 2. The number of hydrogen-bond donors (Lipinski definition) is 2. The Morgan fingerprint density at radius 2 is 1.64 bits per heavy atom. The number of furan rings is 1. The number of benzene rings is 1. The van der Waals surface area contributed by atoms with E-state index in [-0.39, 0.29) is 30.4 Å². The highest BCUT2D eigenvalue weighted by Crippen LogP contribution is 2.47. The van der Waals surface area contributed by atoms with Crippen molar-refractivity contribution in [3.8, 4) is 0 Å². The van der Waals surface area contributed by atoms with Gasteiger partial charge in [0.15, 0.2) is 0 Å². The maximum Gasteiger partial charge on any atom is 0.287 e. The molecule has 0 saturated heterocycles. The summed E-state index contributed by atoms with van der Waals surface area (Å²) in [5, 5.41) is 8.81. The molecule has 1 aromatic carbocycles. The van der Waals surface area contributed by atoms with Gasteiger partial charge >= 0.3 is 0 Å². The van der Waals surface area contributed by atoms with Crippen LogP contribution in [0.5, 0.6) is 0 Å². The van der Waals surface area contributed by atoms with Gasteiger partial charge < -0.3 is 15.1 Å². The zero-order chi connectivity index (χ0) is 48.1. The van der Waals surface area contributed by atoms with Crippen molar-refractivity contribution in [1.82, 2.24) is 10.6 Å². The summed E-state index contributed by atoms with van der Waals surface area (Å²) in [6, 6.07) is 6.96. The molecule has 0 fully saturated rings. The highest BCUT2D eigenvalue weighted by atomic mass is 16.3. The summed E-state index contributed by atoms with van der Waals surface area (Å²) in [6.45, 7) is 44.8. The van der Waals surface area contributed by atoms with Crippen LogP contribution in [0, 0.1) is 17.8 Å². The van der Waals surface area contributed by atoms with E-state index in [1.165, 1.54) is 16.7 Å². The minimum Gasteiger partial charge on any atom is -0.470 e. The lowest BCUT2D eigenvalue weighted by Gasteiger charge is -2.41. The Kier molecular flexibility index (Phi) is 17.7. The van der Waals surface area contributed by atoms with Gasteiger partial charge in [0.25, 0.3) is 6.71 Å². The third kappa shape index (κ3) is 14.2. The number of allylic oxidation sites excluding steroid dienone is 13. The normalized spacial score (nSPS) is 18.5. The van der Waals surface area contributed by atoms with Crippen LogP contribution in [0.4, 0.5) is 0 Å². The quantitative estimate of drug-likeness (QED) is 0.0866. The Bertz CT molecular complexity index is 2110. The fourth-order valence-electron chi connectivity index (χ4n) is 8.16. The summed E-state index contributed by atoms with van der Waals surface area (Å²) in [5.74, 6) is 1.02. The Hall–Kier alpha value is -4.18. The second-order valence-electron chi connectivity index (χ2n) is 19.4. The molecule has 0 saturated carbocycles. The van der Waals surface area contributed by atoms with Crippen LogP contribution in [0.25, 0.3) is 11.0 Å². The Morgan fingerprint density at radius 3 is 2.20 bits per heavy atom. The van der Waals surface area contributed by atoms with Crippen LogP contribution in [0.1, 0.15) is 170 Å². The first-order valence-electron chi connectivity index (χ1n) is 24.9. The molecule has 3 nitrogen and oxygen atoms in total. The van der Waals surface area contributed by atoms with Gasteiger partial charge in [-0.2, -0.15) is 0 Å².